The summed E-state index contributed by atoms with van der Waals surface area (Å²) in [5.41, 5.74) is 0.714. The SMILES string of the molecule is C[C@@H]1CN(Cc2cccs2)C[C@]12CCN(c1cccnc1)C2=O.O=C(O)C(F)(F)F.O=C(O)C(F)(F)F. The number of nitrogens with zero attached hydrogens (tertiary/aromatic N) is 3. The van der Waals surface area contributed by atoms with Crippen LogP contribution in [0.2, 0.25) is 0 Å². The van der Waals surface area contributed by atoms with Crippen LogP contribution in [0.1, 0.15) is 18.2 Å². The summed E-state index contributed by atoms with van der Waals surface area (Å²) >= 11 is 1.79. The van der Waals surface area contributed by atoms with E-state index < -0.39 is 24.3 Å². The molecule has 2 aliphatic heterocycles. The van der Waals surface area contributed by atoms with Crippen molar-refractivity contribution < 1.29 is 50.9 Å². The highest BCUT2D eigenvalue weighted by Crippen LogP contribution is 2.46. The summed E-state index contributed by atoms with van der Waals surface area (Å²) in [7, 11) is 0. The van der Waals surface area contributed by atoms with Crippen LogP contribution in [0, 0.1) is 11.3 Å². The zero-order valence-electron chi connectivity index (χ0n) is 19.3. The van der Waals surface area contributed by atoms with Gasteiger partial charge in [0.2, 0.25) is 5.91 Å². The molecule has 0 radical (unpaired) electrons. The minimum Gasteiger partial charge on any atom is -0.475 e. The number of alkyl halides is 6. The summed E-state index contributed by atoms with van der Waals surface area (Å²) in [6.45, 7) is 5.89. The molecule has 1 spiro atoms. The van der Waals surface area contributed by atoms with Crippen molar-refractivity contribution in [3.8, 4) is 0 Å². The summed E-state index contributed by atoms with van der Waals surface area (Å²) in [4.78, 5) is 40.9. The molecule has 2 atom stereocenters. The maximum absolute atomic E-state index is 13.2. The molecule has 37 heavy (non-hydrogen) atoms. The lowest BCUT2D eigenvalue weighted by Crippen LogP contribution is -2.39. The van der Waals surface area contributed by atoms with Gasteiger partial charge in [0, 0.05) is 37.3 Å². The second-order valence-corrected chi connectivity index (χ2v) is 9.36. The third-order valence-electron chi connectivity index (χ3n) is 5.84. The number of carboxylic acids is 2. The van der Waals surface area contributed by atoms with Gasteiger partial charge in [0.15, 0.2) is 0 Å². The fraction of sp³-hybridized carbons (Fsp3) is 0.455. The van der Waals surface area contributed by atoms with E-state index in [4.69, 9.17) is 19.8 Å². The number of rotatable bonds is 3. The average molecular weight is 555 g/mol. The van der Waals surface area contributed by atoms with Crippen LogP contribution in [0.4, 0.5) is 32.0 Å². The van der Waals surface area contributed by atoms with Gasteiger partial charge in [-0.2, -0.15) is 26.3 Å². The van der Waals surface area contributed by atoms with Gasteiger partial charge >= 0.3 is 24.3 Å². The number of carbonyl (C=O) groups is 3. The first-order valence-corrected chi connectivity index (χ1v) is 11.5. The lowest BCUT2D eigenvalue weighted by atomic mass is 9.78. The van der Waals surface area contributed by atoms with Crippen molar-refractivity contribution in [2.75, 3.05) is 24.5 Å². The summed E-state index contributed by atoms with van der Waals surface area (Å²) in [6, 6.07) is 8.15. The number of carbonyl (C=O) groups excluding carboxylic acids is 1. The smallest absolute Gasteiger partial charge is 0.475 e. The molecule has 204 valence electrons. The molecular formula is C22H23F6N3O5S. The van der Waals surface area contributed by atoms with E-state index in [1.807, 2.05) is 17.0 Å². The largest absolute Gasteiger partial charge is 0.490 e. The Morgan fingerprint density at radius 2 is 1.70 bits per heavy atom. The van der Waals surface area contributed by atoms with Crippen LogP contribution in [0.25, 0.3) is 0 Å². The number of anilines is 1. The molecule has 2 N–H and O–H groups in total. The zero-order chi connectivity index (χ0) is 28.0. The van der Waals surface area contributed by atoms with Gasteiger partial charge in [-0.3, -0.25) is 14.7 Å². The molecule has 0 aliphatic carbocycles. The van der Waals surface area contributed by atoms with E-state index in [1.54, 1.807) is 23.7 Å². The van der Waals surface area contributed by atoms with E-state index >= 15 is 0 Å². The lowest BCUT2D eigenvalue weighted by Gasteiger charge is -2.26. The lowest BCUT2D eigenvalue weighted by molar-refractivity contribution is -0.193. The van der Waals surface area contributed by atoms with Gasteiger partial charge in [0.1, 0.15) is 0 Å². The minimum atomic E-state index is -5.08. The van der Waals surface area contributed by atoms with E-state index in [0.29, 0.717) is 5.92 Å². The molecule has 2 aromatic rings. The molecule has 1 amide bonds. The molecule has 4 heterocycles. The first-order chi connectivity index (χ1) is 17.1. The van der Waals surface area contributed by atoms with Gasteiger partial charge in [0.25, 0.3) is 0 Å². The van der Waals surface area contributed by atoms with Crippen LogP contribution in [-0.4, -0.2) is 69.9 Å². The Labute approximate surface area is 211 Å². The predicted molar refractivity (Wildman–Crippen MR) is 120 cm³/mol. The van der Waals surface area contributed by atoms with E-state index in [0.717, 1.165) is 38.3 Å². The molecule has 4 rings (SSSR count). The molecule has 0 aromatic carbocycles. The highest BCUT2D eigenvalue weighted by molar-refractivity contribution is 7.09. The first kappa shape index (κ1) is 30.0. The molecule has 2 aliphatic rings. The molecule has 0 saturated carbocycles. The van der Waals surface area contributed by atoms with Crippen molar-refractivity contribution in [1.82, 2.24) is 9.88 Å². The number of amides is 1. The Hall–Kier alpha value is -3.20. The quantitative estimate of drug-likeness (QED) is 0.544. The molecule has 2 fully saturated rings. The molecular weight excluding hydrogens is 532 g/mol. The Balaban J connectivity index is 0.000000286. The molecule has 15 heteroatoms. The molecule has 0 bridgehead atoms. The topological polar surface area (TPSA) is 111 Å². The number of halogens is 6. The fourth-order valence-electron chi connectivity index (χ4n) is 4.08. The minimum absolute atomic E-state index is 0.215. The van der Waals surface area contributed by atoms with Crippen LogP contribution < -0.4 is 4.90 Å². The van der Waals surface area contributed by atoms with Crippen LogP contribution in [-0.2, 0) is 20.9 Å². The van der Waals surface area contributed by atoms with E-state index in [9.17, 15) is 31.1 Å². The highest BCUT2D eigenvalue weighted by atomic mass is 32.1. The number of aliphatic carboxylic acids is 2. The fourth-order valence-corrected chi connectivity index (χ4v) is 4.82. The van der Waals surface area contributed by atoms with E-state index in [-0.39, 0.29) is 11.3 Å². The van der Waals surface area contributed by atoms with Crippen molar-refractivity contribution in [2.45, 2.75) is 32.2 Å². The van der Waals surface area contributed by atoms with Crippen molar-refractivity contribution >= 4 is 34.9 Å². The number of thiophene rings is 1. The predicted octanol–water partition coefficient (Wildman–Crippen LogP) is 4.28. The van der Waals surface area contributed by atoms with Crippen LogP contribution >= 0.6 is 11.3 Å². The van der Waals surface area contributed by atoms with Gasteiger partial charge in [-0.05, 0) is 35.9 Å². The Morgan fingerprint density at radius 3 is 2.16 bits per heavy atom. The van der Waals surface area contributed by atoms with Crippen molar-refractivity contribution in [2.24, 2.45) is 11.3 Å². The normalized spacial score (nSPS) is 21.8. The number of carboxylic acid groups (broad SMARTS) is 2. The summed E-state index contributed by atoms with van der Waals surface area (Å²) in [5, 5.41) is 16.4. The Morgan fingerprint density at radius 1 is 1.11 bits per heavy atom. The second kappa shape index (κ2) is 11.9. The molecule has 8 nitrogen and oxygen atoms in total. The number of aromatic nitrogens is 1. The van der Waals surface area contributed by atoms with Gasteiger partial charge in [0.05, 0.1) is 17.3 Å². The van der Waals surface area contributed by atoms with E-state index in [2.05, 4.69) is 34.3 Å². The highest BCUT2D eigenvalue weighted by Gasteiger charge is 2.55. The number of hydrogen-bond acceptors (Lipinski definition) is 6. The third kappa shape index (κ3) is 7.89. The number of pyridine rings is 1. The summed E-state index contributed by atoms with van der Waals surface area (Å²) in [5.74, 6) is -4.83. The van der Waals surface area contributed by atoms with E-state index in [1.165, 1.54) is 4.88 Å². The average Bonchev–Trinajstić information content (AvgIpc) is 3.50. The summed E-state index contributed by atoms with van der Waals surface area (Å²) in [6.07, 6.45) is -5.68. The van der Waals surface area contributed by atoms with Crippen LogP contribution in [0.5, 0.6) is 0 Å². The summed E-state index contributed by atoms with van der Waals surface area (Å²) < 4.78 is 63.5. The van der Waals surface area contributed by atoms with Crippen molar-refractivity contribution in [3.63, 3.8) is 0 Å². The maximum Gasteiger partial charge on any atom is 0.490 e. The van der Waals surface area contributed by atoms with Crippen LogP contribution in [0.15, 0.2) is 42.0 Å². The van der Waals surface area contributed by atoms with Gasteiger partial charge in [-0.25, -0.2) is 9.59 Å². The number of hydrogen-bond donors (Lipinski definition) is 2. The number of likely N-dealkylation sites (tertiary alicyclic amines) is 1. The Kier molecular flexibility index (Phi) is 9.66. The first-order valence-electron chi connectivity index (χ1n) is 10.6. The van der Waals surface area contributed by atoms with Gasteiger partial charge in [-0.15, -0.1) is 11.3 Å². The van der Waals surface area contributed by atoms with Crippen molar-refractivity contribution in [3.05, 3.63) is 46.9 Å². The van der Waals surface area contributed by atoms with Gasteiger partial charge < -0.3 is 15.1 Å². The molecule has 2 saturated heterocycles. The van der Waals surface area contributed by atoms with Crippen molar-refractivity contribution in [1.29, 1.82) is 0 Å². The standard InChI is InChI=1S/C18H21N3OS.2C2HF3O2/c1-14-11-20(12-16-5-3-9-23-16)13-18(14)6-8-21(17(18)22)15-4-2-7-19-10-15;2*3-2(4,5)1(6)7/h2-5,7,9-10,14H,6,8,11-13H2,1H3;2*(H,6,7)/t14-,18-;;/m1../s1. The molecule has 2 aromatic heterocycles. The van der Waals surface area contributed by atoms with Gasteiger partial charge in [-0.1, -0.05) is 13.0 Å². The third-order valence-corrected chi connectivity index (χ3v) is 6.70. The van der Waals surface area contributed by atoms with Crippen LogP contribution in [0.3, 0.4) is 0 Å². The Bertz CT molecular complexity index is 1040. The zero-order valence-corrected chi connectivity index (χ0v) is 20.1. The molecule has 0 unspecified atom stereocenters. The second-order valence-electron chi connectivity index (χ2n) is 8.33. The monoisotopic (exact) mass is 555 g/mol. The maximum atomic E-state index is 13.2.